The van der Waals surface area contributed by atoms with Crippen molar-refractivity contribution < 1.29 is 13.2 Å². The first-order valence-electron chi connectivity index (χ1n) is 5.50. The summed E-state index contributed by atoms with van der Waals surface area (Å²) in [6.45, 7) is 2.40. The SMILES string of the molecule is CCCNC(Cc1cc(F)ccc1Cl)C(F)F. The van der Waals surface area contributed by atoms with Gasteiger partial charge in [0.25, 0.3) is 6.43 Å². The number of halogens is 4. The largest absolute Gasteiger partial charge is 0.309 e. The maximum Gasteiger partial charge on any atom is 0.254 e. The molecule has 1 aromatic rings. The smallest absolute Gasteiger partial charge is 0.254 e. The van der Waals surface area contributed by atoms with Crippen molar-refractivity contribution in [1.82, 2.24) is 5.32 Å². The minimum absolute atomic E-state index is 0.0221. The van der Waals surface area contributed by atoms with E-state index in [0.29, 0.717) is 17.1 Å². The molecule has 1 unspecified atom stereocenters. The zero-order valence-corrected chi connectivity index (χ0v) is 10.3. The predicted octanol–water partition coefficient (Wildman–Crippen LogP) is 3.65. The molecule has 0 aliphatic carbocycles. The lowest BCUT2D eigenvalue weighted by molar-refractivity contribution is 0.0983. The van der Waals surface area contributed by atoms with Gasteiger partial charge < -0.3 is 5.32 Å². The number of alkyl halides is 2. The van der Waals surface area contributed by atoms with Gasteiger partial charge in [0.15, 0.2) is 0 Å². The topological polar surface area (TPSA) is 12.0 Å². The molecule has 0 aliphatic rings. The summed E-state index contributed by atoms with van der Waals surface area (Å²) in [6.07, 6.45) is -1.71. The van der Waals surface area contributed by atoms with Crippen LogP contribution in [0, 0.1) is 5.82 Å². The summed E-state index contributed by atoms with van der Waals surface area (Å²) in [5.74, 6) is -0.465. The highest BCUT2D eigenvalue weighted by Gasteiger charge is 2.21. The first-order valence-corrected chi connectivity index (χ1v) is 5.87. The van der Waals surface area contributed by atoms with Crippen molar-refractivity contribution in [3.05, 3.63) is 34.6 Å². The molecule has 5 heteroatoms. The fraction of sp³-hybridized carbons (Fsp3) is 0.500. The first kappa shape index (κ1) is 14.3. The zero-order valence-electron chi connectivity index (χ0n) is 9.52. The van der Waals surface area contributed by atoms with E-state index in [4.69, 9.17) is 11.6 Å². The van der Waals surface area contributed by atoms with E-state index in [2.05, 4.69) is 5.32 Å². The lowest BCUT2D eigenvalue weighted by atomic mass is 10.1. The van der Waals surface area contributed by atoms with Gasteiger partial charge in [-0.1, -0.05) is 18.5 Å². The second-order valence-corrected chi connectivity index (χ2v) is 4.24. The van der Waals surface area contributed by atoms with E-state index >= 15 is 0 Å². The first-order chi connectivity index (χ1) is 8.04. The van der Waals surface area contributed by atoms with Gasteiger partial charge in [-0.2, -0.15) is 0 Å². The van der Waals surface area contributed by atoms with Crippen LogP contribution in [-0.2, 0) is 6.42 Å². The average Bonchev–Trinajstić information content (AvgIpc) is 2.28. The van der Waals surface area contributed by atoms with Crippen molar-refractivity contribution in [3.63, 3.8) is 0 Å². The Labute approximate surface area is 104 Å². The Morgan fingerprint density at radius 3 is 2.65 bits per heavy atom. The number of hydrogen-bond acceptors (Lipinski definition) is 1. The molecule has 0 aromatic heterocycles. The summed E-state index contributed by atoms with van der Waals surface area (Å²) in [5, 5.41) is 3.05. The molecule has 0 heterocycles. The molecule has 1 nitrogen and oxygen atoms in total. The van der Waals surface area contributed by atoms with Crippen LogP contribution in [0.4, 0.5) is 13.2 Å². The van der Waals surface area contributed by atoms with Crippen LogP contribution in [0.1, 0.15) is 18.9 Å². The molecule has 0 spiro atoms. The Morgan fingerprint density at radius 2 is 2.06 bits per heavy atom. The predicted molar refractivity (Wildman–Crippen MR) is 63.2 cm³/mol. The molecule has 0 amide bonds. The van der Waals surface area contributed by atoms with Crippen molar-refractivity contribution in [2.24, 2.45) is 0 Å². The van der Waals surface area contributed by atoms with Crippen molar-refractivity contribution >= 4 is 11.6 Å². The molecule has 17 heavy (non-hydrogen) atoms. The normalized spacial score (nSPS) is 13.1. The lowest BCUT2D eigenvalue weighted by Crippen LogP contribution is -2.38. The average molecular weight is 266 g/mol. The van der Waals surface area contributed by atoms with E-state index in [1.807, 2.05) is 6.92 Å². The molecule has 0 fully saturated rings. The van der Waals surface area contributed by atoms with Gasteiger partial charge >= 0.3 is 0 Å². The standard InChI is InChI=1S/C12H15ClF3N/c1-2-5-17-11(12(15)16)7-8-6-9(14)3-4-10(8)13/h3-4,6,11-12,17H,2,5,7H2,1H3. The van der Waals surface area contributed by atoms with Gasteiger partial charge in [0, 0.05) is 5.02 Å². The summed E-state index contributed by atoms with van der Waals surface area (Å²) in [6, 6.07) is 2.80. The molecular formula is C12H15ClF3N. The quantitative estimate of drug-likeness (QED) is 0.828. The molecule has 1 aromatic carbocycles. The van der Waals surface area contributed by atoms with Crippen molar-refractivity contribution in [3.8, 4) is 0 Å². The molecule has 1 rings (SSSR count). The molecule has 0 saturated heterocycles. The number of nitrogens with one attached hydrogen (secondary N) is 1. The van der Waals surface area contributed by atoms with Gasteiger partial charge in [0.05, 0.1) is 6.04 Å². The Bertz CT molecular complexity index is 358. The summed E-state index contributed by atoms with van der Waals surface area (Å²) >= 11 is 5.84. The van der Waals surface area contributed by atoms with Gasteiger partial charge in [-0.15, -0.1) is 0 Å². The minimum atomic E-state index is -2.50. The fourth-order valence-corrected chi connectivity index (χ4v) is 1.71. The van der Waals surface area contributed by atoms with Crippen LogP contribution < -0.4 is 5.32 Å². The van der Waals surface area contributed by atoms with E-state index < -0.39 is 18.3 Å². The molecule has 0 radical (unpaired) electrons. The molecule has 1 atom stereocenters. The number of hydrogen-bond donors (Lipinski definition) is 1. The fourth-order valence-electron chi connectivity index (χ4n) is 1.52. The Hall–Kier alpha value is -0.740. The van der Waals surface area contributed by atoms with Crippen LogP contribution in [0.3, 0.4) is 0 Å². The summed E-state index contributed by atoms with van der Waals surface area (Å²) < 4.78 is 38.5. The van der Waals surface area contributed by atoms with Gasteiger partial charge in [0.1, 0.15) is 5.82 Å². The van der Waals surface area contributed by atoms with Gasteiger partial charge in [-0.3, -0.25) is 0 Å². The van der Waals surface area contributed by atoms with Crippen molar-refractivity contribution in [2.75, 3.05) is 6.54 Å². The van der Waals surface area contributed by atoms with Gasteiger partial charge in [-0.25, -0.2) is 13.2 Å². The molecule has 0 saturated carbocycles. The highest BCUT2D eigenvalue weighted by Crippen LogP contribution is 2.20. The Kier molecular flexibility index (Phi) is 5.78. The maximum absolute atomic E-state index is 13.0. The van der Waals surface area contributed by atoms with E-state index in [1.54, 1.807) is 0 Å². The summed E-state index contributed by atoms with van der Waals surface area (Å²) in [4.78, 5) is 0. The van der Waals surface area contributed by atoms with Gasteiger partial charge in [0.2, 0.25) is 0 Å². The van der Waals surface area contributed by atoms with Crippen LogP contribution in [0.25, 0.3) is 0 Å². The van der Waals surface area contributed by atoms with E-state index in [9.17, 15) is 13.2 Å². The Morgan fingerprint density at radius 1 is 1.35 bits per heavy atom. The van der Waals surface area contributed by atoms with E-state index in [-0.39, 0.29) is 6.42 Å². The van der Waals surface area contributed by atoms with Crippen LogP contribution in [-0.4, -0.2) is 19.0 Å². The van der Waals surface area contributed by atoms with Crippen LogP contribution in [0.15, 0.2) is 18.2 Å². The molecule has 0 aliphatic heterocycles. The Balaban J connectivity index is 2.74. The number of benzene rings is 1. The summed E-state index contributed by atoms with van der Waals surface area (Å²) in [5.41, 5.74) is 0.403. The minimum Gasteiger partial charge on any atom is -0.309 e. The monoisotopic (exact) mass is 265 g/mol. The van der Waals surface area contributed by atoms with Gasteiger partial charge in [-0.05, 0) is 43.1 Å². The van der Waals surface area contributed by atoms with Crippen molar-refractivity contribution in [1.29, 1.82) is 0 Å². The molecule has 1 N–H and O–H groups in total. The highest BCUT2D eigenvalue weighted by molar-refractivity contribution is 6.31. The van der Waals surface area contributed by atoms with E-state index in [0.717, 1.165) is 6.42 Å². The van der Waals surface area contributed by atoms with Crippen molar-refractivity contribution in [2.45, 2.75) is 32.2 Å². The molecule has 96 valence electrons. The third-order valence-electron chi connectivity index (χ3n) is 2.41. The van der Waals surface area contributed by atoms with Crippen LogP contribution >= 0.6 is 11.6 Å². The lowest BCUT2D eigenvalue weighted by Gasteiger charge is -2.18. The second kappa shape index (κ2) is 6.87. The van der Waals surface area contributed by atoms with E-state index in [1.165, 1.54) is 18.2 Å². The van der Waals surface area contributed by atoms with Crippen LogP contribution in [0.5, 0.6) is 0 Å². The van der Waals surface area contributed by atoms with Crippen LogP contribution in [0.2, 0.25) is 5.02 Å². The second-order valence-electron chi connectivity index (χ2n) is 3.83. The third kappa shape index (κ3) is 4.56. The molecular weight excluding hydrogens is 251 g/mol. The highest BCUT2D eigenvalue weighted by atomic mass is 35.5. The maximum atomic E-state index is 13.0. The third-order valence-corrected chi connectivity index (χ3v) is 2.78. The zero-order chi connectivity index (χ0) is 12.8. The molecule has 0 bridgehead atoms. The summed E-state index contributed by atoms with van der Waals surface area (Å²) in [7, 11) is 0. The number of rotatable bonds is 6.